The number of fused-ring (bicyclic) bond motifs is 1. The van der Waals surface area contributed by atoms with Crippen LogP contribution in [0.5, 0.6) is 0 Å². The maximum absolute atomic E-state index is 5.85. The molecule has 0 aliphatic heterocycles. The average molecular weight is 213 g/mol. The Labute approximate surface area is 88.6 Å². The van der Waals surface area contributed by atoms with Crippen molar-refractivity contribution in [1.29, 1.82) is 0 Å². The van der Waals surface area contributed by atoms with Gasteiger partial charge in [0, 0.05) is 24.6 Å². The van der Waals surface area contributed by atoms with Crippen LogP contribution < -0.4 is 5.73 Å². The van der Waals surface area contributed by atoms with Crippen LogP contribution >= 0.6 is 12.4 Å². The Bertz CT molecular complexity index is 379. The number of rotatable bonds is 2. The van der Waals surface area contributed by atoms with Gasteiger partial charge in [-0.1, -0.05) is 6.92 Å². The van der Waals surface area contributed by atoms with E-state index in [9.17, 15) is 0 Å². The second kappa shape index (κ2) is 4.39. The van der Waals surface area contributed by atoms with Crippen LogP contribution in [0.15, 0.2) is 24.7 Å². The Balaban J connectivity index is 0.000000980. The van der Waals surface area contributed by atoms with E-state index in [1.807, 2.05) is 29.8 Å². The molecule has 2 rings (SSSR count). The van der Waals surface area contributed by atoms with Gasteiger partial charge in [-0.25, -0.2) is 9.97 Å². The van der Waals surface area contributed by atoms with Crippen molar-refractivity contribution >= 4 is 18.2 Å². The quantitative estimate of drug-likeness (QED) is 0.822. The maximum Gasteiger partial charge on any atom is 0.233 e. The zero-order valence-corrected chi connectivity index (χ0v) is 8.74. The monoisotopic (exact) mass is 212 g/mol. The van der Waals surface area contributed by atoms with Crippen LogP contribution in [0.25, 0.3) is 5.78 Å². The van der Waals surface area contributed by atoms with Gasteiger partial charge < -0.3 is 5.73 Å². The summed E-state index contributed by atoms with van der Waals surface area (Å²) in [7, 11) is 0. The first-order valence-corrected chi connectivity index (χ1v) is 4.36. The summed E-state index contributed by atoms with van der Waals surface area (Å²) in [5.74, 6) is 0.710. The van der Waals surface area contributed by atoms with E-state index in [4.69, 9.17) is 5.73 Å². The molecule has 4 nitrogen and oxygen atoms in total. The van der Waals surface area contributed by atoms with E-state index in [2.05, 4.69) is 9.97 Å². The fourth-order valence-electron chi connectivity index (χ4n) is 1.24. The first kappa shape index (κ1) is 10.9. The van der Waals surface area contributed by atoms with Gasteiger partial charge in [0.05, 0.1) is 5.69 Å². The molecule has 2 aromatic rings. The zero-order chi connectivity index (χ0) is 9.26. The van der Waals surface area contributed by atoms with Crippen molar-refractivity contribution in [3.05, 3.63) is 30.4 Å². The molecule has 0 amide bonds. The van der Waals surface area contributed by atoms with Gasteiger partial charge in [-0.15, -0.1) is 12.4 Å². The number of hydrogen-bond acceptors (Lipinski definition) is 3. The van der Waals surface area contributed by atoms with Crippen LogP contribution in [0, 0.1) is 0 Å². The van der Waals surface area contributed by atoms with E-state index < -0.39 is 0 Å². The molecule has 0 fully saturated rings. The molecule has 0 spiro atoms. The van der Waals surface area contributed by atoms with E-state index in [0.717, 1.165) is 12.1 Å². The Kier molecular flexibility index (Phi) is 3.43. The molecular formula is C9H13ClN4. The van der Waals surface area contributed by atoms with Crippen molar-refractivity contribution in [2.24, 2.45) is 5.73 Å². The summed E-state index contributed by atoms with van der Waals surface area (Å²) < 4.78 is 1.88. The van der Waals surface area contributed by atoms with Crippen molar-refractivity contribution < 1.29 is 0 Å². The minimum absolute atomic E-state index is 0. The topological polar surface area (TPSA) is 56.2 Å². The lowest BCUT2D eigenvalue weighted by Crippen LogP contribution is -2.08. The van der Waals surface area contributed by atoms with Crippen LogP contribution in [0.2, 0.25) is 0 Å². The highest BCUT2D eigenvalue weighted by atomic mass is 35.5. The normalized spacial score (nSPS) is 12.4. The van der Waals surface area contributed by atoms with Crippen LogP contribution in [-0.2, 0) is 0 Å². The molecule has 0 aliphatic carbocycles. The van der Waals surface area contributed by atoms with Gasteiger partial charge >= 0.3 is 0 Å². The summed E-state index contributed by atoms with van der Waals surface area (Å²) in [6, 6.07) is 1.89. The predicted molar refractivity (Wildman–Crippen MR) is 57.5 cm³/mol. The number of aromatic nitrogens is 3. The molecule has 5 heteroatoms. The highest BCUT2D eigenvalue weighted by Crippen LogP contribution is 2.12. The number of nitrogens with zero attached hydrogens (tertiary/aromatic N) is 3. The molecule has 0 saturated carbocycles. The SMILES string of the molecule is CCC(N)c1cn2cccnc2n1.Cl. The molecule has 0 aromatic carbocycles. The minimum Gasteiger partial charge on any atom is -0.323 e. The first-order chi connectivity index (χ1) is 6.31. The number of nitrogens with two attached hydrogens (primary N) is 1. The molecule has 2 heterocycles. The van der Waals surface area contributed by atoms with Crippen LogP contribution in [-0.4, -0.2) is 14.4 Å². The molecule has 1 unspecified atom stereocenters. The van der Waals surface area contributed by atoms with Crippen molar-refractivity contribution in [3.8, 4) is 0 Å². The van der Waals surface area contributed by atoms with Crippen LogP contribution in [0.1, 0.15) is 25.1 Å². The van der Waals surface area contributed by atoms with Gasteiger partial charge in [-0.05, 0) is 12.5 Å². The minimum atomic E-state index is 0. The highest BCUT2D eigenvalue weighted by Gasteiger charge is 2.07. The molecule has 1 atom stereocenters. The number of halogens is 1. The summed E-state index contributed by atoms with van der Waals surface area (Å²) >= 11 is 0. The van der Waals surface area contributed by atoms with Gasteiger partial charge in [0.1, 0.15) is 0 Å². The van der Waals surface area contributed by atoms with Crippen molar-refractivity contribution in [1.82, 2.24) is 14.4 Å². The van der Waals surface area contributed by atoms with Gasteiger partial charge in [0.2, 0.25) is 5.78 Å². The fraction of sp³-hybridized carbons (Fsp3) is 0.333. The second-order valence-corrected chi connectivity index (χ2v) is 3.01. The van der Waals surface area contributed by atoms with E-state index >= 15 is 0 Å². The van der Waals surface area contributed by atoms with E-state index in [-0.39, 0.29) is 18.4 Å². The summed E-state index contributed by atoms with van der Waals surface area (Å²) in [6.45, 7) is 2.04. The predicted octanol–water partition coefficient (Wildman–Crippen LogP) is 1.56. The fourth-order valence-corrected chi connectivity index (χ4v) is 1.24. The Hall–Kier alpha value is -1.13. The lowest BCUT2D eigenvalue weighted by atomic mass is 10.2. The van der Waals surface area contributed by atoms with Crippen molar-refractivity contribution in [3.63, 3.8) is 0 Å². The Morgan fingerprint density at radius 3 is 3.00 bits per heavy atom. The number of imidazole rings is 1. The first-order valence-electron chi connectivity index (χ1n) is 4.36. The molecule has 2 aromatic heterocycles. The molecular weight excluding hydrogens is 200 g/mol. The van der Waals surface area contributed by atoms with Crippen LogP contribution in [0.4, 0.5) is 0 Å². The van der Waals surface area contributed by atoms with Gasteiger partial charge in [-0.3, -0.25) is 4.40 Å². The molecule has 76 valence electrons. The van der Waals surface area contributed by atoms with Gasteiger partial charge in [0.15, 0.2) is 0 Å². The van der Waals surface area contributed by atoms with Crippen molar-refractivity contribution in [2.45, 2.75) is 19.4 Å². The van der Waals surface area contributed by atoms with Gasteiger partial charge in [-0.2, -0.15) is 0 Å². The lowest BCUT2D eigenvalue weighted by Gasteiger charge is -2.01. The Morgan fingerprint density at radius 1 is 1.57 bits per heavy atom. The van der Waals surface area contributed by atoms with Crippen LogP contribution in [0.3, 0.4) is 0 Å². The van der Waals surface area contributed by atoms with Crippen molar-refractivity contribution in [2.75, 3.05) is 0 Å². The second-order valence-electron chi connectivity index (χ2n) is 3.01. The molecule has 0 radical (unpaired) electrons. The summed E-state index contributed by atoms with van der Waals surface area (Å²) in [5.41, 5.74) is 6.76. The molecule has 2 N–H and O–H groups in total. The van der Waals surface area contributed by atoms with E-state index in [0.29, 0.717) is 5.78 Å². The largest absolute Gasteiger partial charge is 0.323 e. The zero-order valence-electron chi connectivity index (χ0n) is 7.92. The average Bonchev–Trinajstić information content (AvgIpc) is 2.59. The molecule has 0 saturated heterocycles. The third-order valence-corrected chi connectivity index (χ3v) is 2.07. The summed E-state index contributed by atoms with van der Waals surface area (Å²) in [5, 5.41) is 0. The third-order valence-electron chi connectivity index (χ3n) is 2.07. The standard InChI is InChI=1S/C9H12N4.ClH/c1-2-7(10)8-6-13-5-3-4-11-9(13)12-8;/h3-7H,2,10H2,1H3;1H. The number of hydrogen-bond donors (Lipinski definition) is 1. The van der Waals surface area contributed by atoms with E-state index in [1.54, 1.807) is 6.20 Å². The maximum atomic E-state index is 5.85. The summed E-state index contributed by atoms with van der Waals surface area (Å²) in [6.07, 6.45) is 6.46. The lowest BCUT2D eigenvalue weighted by molar-refractivity contribution is 0.680. The smallest absolute Gasteiger partial charge is 0.233 e. The Morgan fingerprint density at radius 2 is 2.36 bits per heavy atom. The molecule has 0 aliphatic rings. The third kappa shape index (κ3) is 1.86. The van der Waals surface area contributed by atoms with E-state index in [1.165, 1.54) is 0 Å². The molecule has 0 bridgehead atoms. The summed E-state index contributed by atoms with van der Waals surface area (Å²) in [4.78, 5) is 8.43. The highest BCUT2D eigenvalue weighted by molar-refractivity contribution is 5.85. The molecule has 14 heavy (non-hydrogen) atoms. The van der Waals surface area contributed by atoms with Gasteiger partial charge in [0.25, 0.3) is 0 Å².